The summed E-state index contributed by atoms with van der Waals surface area (Å²) in [5, 5.41) is 5.82. The van der Waals surface area contributed by atoms with E-state index in [-0.39, 0.29) is 17.4 Å². The smallest absolute Gasteiger partial charge is 0.274 e. The van der Waals surface area contributed by atoms with Gasteiger partial charge in [-0.25, -0.2) is 4.39 Å². The van der Waals surface area contributed by atoms with Crippen molar-refractivity contribution in [3.63, 3.8) is 0 Å². The maximum absolute atomic E-state index is 12.9. The maximum atomic E-state index is 12.9. The molecule has 2 aromatic heterocycles. The third-order valence-electron chi connectivity index (χ3n) is 3.14. The lowest BCUT2D eigenvalue weighted by molar-refractivity contribution is 0.102. The van der Waals surface area contributed by atoms with E-state index in [1.165, 1.54) is 24.3 Å². The molecule has 0 aliphatic heterocycles. The molecule has 0 aliphatic carbocycles. The second-order valence-corrected chi connectivity index (χ2v) is 4.82. The van der Waals surface area contributed by atoms with Crippen LogP contribution >= 0.6 is 0 Å². The van der Waals surface area contributed by atoms with Crippen LogP contribution in [0.25, 0.3) is 0 Å². The third-order valence-corrected chi connectivity index (χ3v) is 3.14. The van der Waals surface area contributed by atoms with Crippen LogP contribution in [-0.2, 0) is 6.54 Å². The number of carbonyl (C=O) groups excluding carboxylic acids is 1. The van der Waals surface area contributed by atoms with Gasteiger partial charge in [0.2, 0.25) is 0 Å². The zero-order valence-corrected chi connectivity index (χ0v) is 12.1. The summed E-state index contributed by atoms with van der Waals surface area (Å²) in [6.07, 6.45) is 3.15. The summed E-state index contributed by atoms with van der Waals surface area (Å²) in [4.78, 5) is 16.2. The van der Waals surface area contributed by atoms with E-state index in [4.69, 9.17) is 4.42 Å². The van der Waals surface area contributed by atoms with E-state index in [0.29, 0.717) is 12.2 Å². The molecule has 1 aromatic carbocycles. The Morgan fingerprint density at radius 1 is 1.13 bits per heavy atom. The molecule has 116 valence electrons. The van der Waals surface area contributed by atoms with Crippen molar-refractivity contribution in [2.75, 3.05) is 10.6 Å². The van der Waals surface area contributed by atoms with Gasteiger partial charge in [0, 0.05) is 17.6 Å². The standard InChI is InChI=1S/C17H14FN3O2/c18-12-3-5-13(6-4-12)21-17(22)16-10-14(7-8-19-16)20-11-15-2-1-9-23-15/h1-10H,11H2,(H,19,20)(H,21,22). The molecule has 0 saturated heterocycles. The summed E-state index contributed by atoms with van der Waals surface area (Å²) < 4.78 is 18.1. The second-order valence-electron chi connectivity index (χ2n) is 4.82. The minimum Gasteiger partial charge on any atom is -0.467 e. The van der Waals surface area contributed by atoms with Gasteiger partial charge in [0.25, 0.3) is 5.91 Å². The highest BCUT2D eigenvalue weighted by atomic mass is 19.1. The summed E-state index contributed by atoms with van der Waals surface area (Å²) >= 11 is 0. The van der Waals surface area contributed by atoms with E-state index in [1.54, 1.807) is 24.6 Å². The molecule has 1 amide bonds. The van der Waals surface area contributed by atoms with Crippen LogP contribution in [0.3, 0.4) is 0 Å². The van der Waals surface area contributed by atoms with E-state index in [1.807, 2.05) is 12.1 Å². The fraction of sp³-hybridized carbons (Fsp3) is 0.0588. The van der Waals surface area contributed by atoms with Gasteiger partial charge in [-0.2, -0.15) is 0 Å². The highest BCUT2D eigenvalue weighted by molar-refractivity contribution is 6.03. The predicted molar refractivity (Wildman–Crippen MR) is 84.6 cm³/mol. The average molecular weight is 311 g/mol. The van der Waals surface area contributed by atoms with Crippen LogP contribution in [0.2, 0.25) is 0 Å². The van der Waals surface area contributed by atoms with Crippen LogP contribution in [0.1, 0.15) is 16.2 Å². The van der Waals surface area contributed by atoms with Crippen LogP contribution < -0.4 is 10.6 Å². The Balaban J connectivity index is 1.66. The number of anilines is 2. The van der Waals surface area contributed by atoms with Crippen LogP contribution in [0.15, 0.2) is 65.4 Å². The lowest BCUT2D eigenvalue weighted by Gasteiger charge is -2.07. The fourth-order valence-corrected chi connectivity index (χ4v) is 2.00. The summed E-state index contributed by atoms with van der Waals surface area (Å²) in [6, 6.07) is 12.6. The first-order valence-electron chi connectivity index (χ1n) is 7.00. The first-order chi connectivity index (χ1) is 11.2. The first kappa shape index (κ1) is 14.8. The molecule has 2 heterocycles. The van der Waals surface area contributed by atoms with Crippen LogP contribution in [-0.4, -0.2) is 10.9 Å². The number of furan rings is 1. The largest absolute Gasteiger partial charge is 0.467 e. The number of benzene rings is 1. The van der Waals surface area contributed by atoms with Gasteiger partial charge >= 0.3 is 0 Å². The number of hydrogen-bond donors (Lipinski definition) is 2. The first-order valence-corrected chi connectivity index (χ1v) is 7.00. The number of aromatic nitrogens is 1. The molecule has 2 N–H and O–H groups in total. The fourth-order valence-electron chi connectivity index (χ4n) is 2.00. The maximum Gasteiger partial charge on any atom is 0.274 e. The van der Waals surface area contributed by atoms with Gasteiger partial charge in [-0.05, 0) is 48.5 Å². The van der Waals surface area contributed by atoms with Crippen LogP contribution in [0.5, 0.6) is 0 Å². The van der Waals surface area contributed by atoms with Gasteiger partial charge in [0.15, 0.2) is 0 Å². The number of nitrogens with one attached hydrogen (secondary N) is 2. The third kappa shape index (κ3) is 3.94. The molecule has 5 nitrogen and oxygen atoms in total. The molecule has 0 radical (unpaired) electrons. The van der Waals surface area contributed by atoms with Gasteiger partial charge in [-0.3, -0.25) is 9.78 Å². The summed E-state index contributed by atoms with van der Waals surface area (Å²) in [7, 11) is 0. The van der Waals surface area contributed by atoms with E-state index >= 15 is 0 Å². The van der Waals surface area contributed by atoms with Crippen LogP contribution in [0, 0.1) is 5.82 Å². The van der Waals surface area contributed by atoms with E-state index in [2.05, 4.69) is 15.6 Å². The van der Waals surface area contributed by atoms with E-state index in [0.717, 1.165) is 11.4 Å². The van der Waals surface area contributed by atoms with E-state index in [9.17, 15) is 9.18 Å². The lowest BCUT2D eigenvalue weighted by atomic mass is 10.2. The van der Waals surface area contributed by atoms with Crippen LogP contribution in [0.4, 0.5) is 15.8 Å². The molecule has 0 aliphatic rings. The van der Waals surface area contributed by atoms with Crippen molar-refractivity contribution in [2.45, 2.75) is 6.54 Å². The Morgan fingerprint density at radius 2 is 1.96 bits per heavy atom. The molecule has 3 rings (SSSR count). The molecule has 0 spiro atoms. The number of hydrogen-bond acceptors (Lipinski definition) is 4. The Hall–Kier alpha value is -3.15. The molecule has 0 atom stereocenters. The number of rotatable bonds is 5. The highest BCUT2D eigenvalue weighted by Crippen LogP contribution is 2.13. The molecule has 23 heavy (non-hydrogen) atoms. The highest BCUT2D eigenvalue weighted by Gasteiger charge is 2.09. The van der Waals surface area contributed by atoms with Crippen molar-refractivity contribution < 1.29 is 13.6 Å². The van der Waals surface area contributed by atoms with Crippen molar-refractivity contribution in [3.8, 4) is 0 Å². The topological polar surface area (TPSA) is 67.2 Å². The number of halogens is 1. The van der Waals surface area contributed by atoms with Crippen molar-refractivity contribution >= 4 is 17.3 Å². The van der Waals surface area contributed by atoms with Crippen molar-refractivity contribution in [1.82, 2.24) is 4.98 Å². The Labute approximate surface area is 132 Å². The predicted octanol–water partition coefficient (Wildman–Crippen LogP) is 3.68. The van der Waals surface area contributed by atoms with Crippen molar-refractivity contribution in [2.24, 2.45) is 0 Å². The average Bonchev–Trinajstić information content (AvgIpc) is 3.09. The van der Waals surface area contributed by atoms with Gasteiger partial charge < -0.3 is 15.1 Å². The molecule has 0 saturated carbocycles. The Morgan fingerprint density at radius 3 is 2.70 bits per heavy atom. The molecule has 3 aromatic rings. The van der Waals surface area contributed by atoms with Crippen molar-refractivity contribution in [1.29, 1.82) is 0 Å². The Bertz CT molecular complexity index is 786. The summed E-state index contributed by atoms with van der Waals surface area (Å²) in [5.74, 6) is 0.0719. The number of nitrogens with zero attached hydrogens (tertiary/aromatic N) is 1. The quantitative estimate of drug-likeness (QED) is 0.754. The lowest BCUT2D eigenvalue weighted by Crippen LogP contribution is -2.14. The molecule has 0 fully saturated rings. The second kappa shape index (κ2) is 6.74. The van der Waals surface area contributed by atoms with Gasteiger partial charge in [0.05, 0.1) is 12.8 Å². The number of amides is 1. The Kier molecular flexibility index (Phi) is 4.33. The molecule has 6 heteroatoms. The zero-order valence-electron chi connectivity index (χ0n) is 12.1. The molecular weight excluding hydrogens is 297 g/mol. The summed E-state index contributed by atoms with van der Waals surface area (Å²) in [5.41, 5.74) is 1.52. The van der Waals surface area contributed by atoms with Gasteiger partial charge in [-0.1, -0.05) is 0 Å². The minimum atomic E-state index is -0.363. The van der Waals surface area contributed by atoms with Crippen molar-refractivity contribution in [3.05, 3.63) is 78.3 Å². The van der Waals surface area contributed by atoms with E-state index < -0.39 is 0 Å². The molecule has 0 bridgehead atoms. The van der Waals surface area contributed by atoms with Gasteiger partial charge in [-0.15, -0.1) is 0 Å². The SMILES string of the molecule is O=C(Nc1ccc(F)cc1)c1cc(NCc2ccco2)ccn1. The number of carbonyl (C=O) groups is 1. The number of pyridine rings is 1. The summed E-state index contributed by atoms with van der Waals surface area (Å²) in [6.45, 7) is 0.510. The molecular formula is C17H14FN3O2. The monoisotopic (exact) mass is 311 g/mol. The molecule has 0 unspecified atom stereocenters. The normalized spacial score (nSPS) is 10.3. The minimum absolute atomic E-state index is 0.263. The van der Waals surface area contributed by atoms with Gasteiger partial charge in [0.1, 0.15) is 17.3 Å². The zero-order chi connectivity index (χ0) is 16.1.